The highest BCUT2D eigenvalue weighted by Crippen LogP contribution is 2.40. The lowest BCUT2D eigenvalue weighted by atomic mass is 9.76. The fourth-order valence-corrected chi connectivity index (χ4v) is 5.37. The van der Waals surface area contributed by atoms with Gasteiger partial charge in [-0.3, -0.25) is 0 Å². The average molecular weight is 480 g/mol. The van der Waals surface area contributed by atoms with E-state index in [1.807, 2.05) is 36.4 Å². The van der Waals surface area contributed by atoms with Crippen molar-refractivity contribution >= 4 is 6.08 Å². The molecule has 0 radical (unpaired) electrons. The topological polar surface area (TPSA) is 38.7 Å². The second kappa shape index (κ2) is 9.94. The van der Waals surface area contributed by atoms with Crippen LogP contribution in [0.5, 0.6) is 0 Å². The van der Waals surface area contributed by atoms with Crippen molar-refractivity contribution in [2.45, 2.75) is 32.6 Å². The zero-order valence-corrected chi connectivity index (χ0v) is 21.2. The smallest absolute Gasteiger partial charge is 0.164 e. The van der Waals surface area contributed by atoms with Gasteiger partial charge in [-0.25, -0.2) is 15.0 Å². The van der Waals surface area contributed by atoms with Gasteiger partial charge in [-0.2, -0.15) is 0 Å². The first-order chi connectivity index (χ1) is 18.2. The van der Waals surface area contributed by atoms with E-state index in [0.29, 0.717) is 23.4 Å². The summed E-state index contributed by atoms with van der Waals surface area (Å²) in [7, 11) is 0. The monoisotopic (exact) mass is 479 g/mol. The fraction of sp³-hybridized carbons (Fsp3) is 0.147. The van der Waals surface area contributed by atoms with Gasteiger partial charge in [0, 0.05) is 22.6 Å². The van der Waals surface area contributed by atoms with Gasteiger partial charge in [0.2, 0.25) is 0 Å². The molecule has 1 atom stereocenters. The first-order valence-corrected chi connectivity index (χ1v) is 13.0. The largest absolute Gasteiger partial charge is 0.208 e. The highest BCUT2D eigenvalue weighted by molar-refractivity contribution is 5.70. The van der Waals surface area contributed by atoms with Gasteiger partial charge in [0.15, 0.2) is 17.5 Å². The molecule has 0 bridgehead atoms. The second-order valence-electron chi connectivity index (χ2n) is 9.59. The molecule has 1 unspecified atom stereocenters. The summed E-state index contributed by atoms with van der Waals surface area (Å²) in [5.74, 6) is 2.44. The van der Waals surface area contributed by atoms with Crippen LogP contribution in [0.25, 0.3) is 40.2 Å². The van der Waals surface area contributed by atoms with Gasteiger partial charge in [0.25, 0.3) is 0 Å². The Bertz CT molecular complexity index is 1530. The Morgan fingerprint density at radius 3 is 1.89 bits per heavy atom. The molecule has 6 rings (SSSR count). The number of nitrogens with zero attached hydrogens (tertiary/aromatic N) is 3. The summed E-state index contributed by atoms with van der Waals surface area (Å²) in [4.78, 5) is 14.8. The van der Waals surface area contributed by atoms with Crippen molar-refractivity contribution in [1.29, 1.82) is 0 Å². The van der Waals surface area contributed by atoms with Gasteiger partial charge in [-0.1, -0.05) is 122 Å². The molecule has 37 heavy (non-hydrogen) atoms. The highest BCUT2D eigenvalue weighted by Gasteiger charge is 2.25. The van der Waals surface area contributed by atoms with Crippen molar-refractivity contribution in [2.75, 3.05) is 0 Å². The maximum absolute atomic E-state index is 4.98. The van der Waals surface area contributed by atoms with Crippen molar-refractivity contribution in [3.05, 3.63) is 131 Å². The molecule has 1 aliphatic carbocycles. The minimum Gasteiger partial charge on any atom is -0.208 e. The van der Waals surface area contributed by atoms with Gasteiger partial charge in [-0.15, -0.1) is 0 Å². The van der Waals surface area contributed by atoms with Crippen LogP contribution in [-0.2, 0) is 6.42 Å². The molecule has 4 aromatic carbocycles. The van der Waals surface area contributed by atoms with Crippen LogP contribution in [-0.4, -0.2) is 15.0 Å². The van der Waals surface area contributed by atoms with Crippen molar-refractivity contribution in [1.82, 2.24) is 15.0 Å². The molecule has 0 fully saturated rings. The molecular weight excluding hydrogens is 450 g/mol. The van der Waals surface area contributed by atoms with Crippen molar-refractivity contribution in [3.8, 4) is 34.2 Å². The standard InChI is InChI=1S/C34H29N3/c1-3-24-21-27-17-10-11-18-28(27)22-31(24)29-19-12-20-30(23(29)2)34-36-32(25-13-6-4-7-14-25)35-33(37-34)26-15-8-5-9-16-26/h4-21,31H,3,22H2,1-2H3. The Hall–Kier alpha value is -4.37. The number of allylic oxidation sites excluding steroid dienone is 1. The predicted octanol–water partition coefficient (Wildman–Crippen LogP) is 8.31. The fourth-order valence-electron chi connectivity index (χ4n) is 5.37. The summed E-state index contributed by atoms with van der Waals surface area (Å²) in [6.07, 6.45) is 4.44. The van der Waals surface area contributed by atoms with Crippen molar-refractivity contribution in [2.24, 2.45) is 0 Å². The van der Waals surface area contributed by atoms with Crippen LogP contribution in [0.15, 0.2) is 109 Å². The van der Waals surface area contributed by atoms with Crippen molar-refractivity contribution < 1.29 is 0 Å². The molecule has 180 valence electrons. The Morgan fingerprint density at radius 1 is 0.649 bits per heavy atom. The lowest BCUT2D eigenvalue weighted by molar-refractivity contribution is 0.741. The molecule has 0 N–H and O–H groups in total. The van der Waals surface area contributed by atoms with E-state index < -0.39 is 0 Å². The minimum atomic E-state index is 0.351. The number of hydrogen-bond acceptors (Lipinski definition) is 3. The van der Waals surface area contributed by atoms with Crippen LogP contribution in [0.1, 0.15) is 41.5 Å². The predicted molar refractivity (Wildman–Crippen MR) is 152 cm³/mol. The second-order valence-corrected chi connectivity index (χ2v) is 9.59. The van der Waals surface area contributed by atoms with Gasteiger partial charge in [0.05, 0.1) is 0 Å². The normalized spacial score (nSPS) is 14.6. The minimum absolute atomic E-state index is 0.351. The van der Waals surface area contributed by atoms with E-state index >= 15 is 0 Å². The van der Waals surface area contributed by atoms with E-state index in [0.717, 1.165) is 29.5 Å². The zero-order valence-electron chi connectivity index (χ0n) is 21.2. The van der Waals surface area contributed by atoms with E-state index in [4.69, 9.17) is 15.0 Å². The summed E-state index contributed by atoms with van der Waals surface area (Å²) >= 11 is 0. The van der Waals surface area contributed by atoms with Crippen LogP contribution < -0.4 is 0 Å². The first kappa shape index (κ1) is 23.1. The van der Waals surface area contributed by atoms with Crippen LogP contribution in [0.4, 0.5) is 0 Å². The Kier molecular flexibility index (Phi) is 6.20. The molecule has 1 aromatic heterocycles. The SMILES string of the molecule is CCC1=Cc2ccccc2CC1c1cccc(-c2nc(-c3ccccc3)nc(-c3ccccc3)n2)c1C. The van der Waals surface area contributed by atoms with E-state index in [2.05, 4.69) is 86.7 Å². The zero-order chi connectivity index (χ0) is 25.2. The molecule has 5 aromatic rings. The average Bonchev–Trinajstić information content (AvgIpc) is 2.97. The Morgan fingerprint density at radius 2 is 1.24 bits per heavy atom. The van der Waals surface area contributed by atoms with Crippen LogP contribution in [0.2, 0.25) is 0 Å². The van der Waals surface area contributed by atoms with Crippen LogP contribution in [0, 0.1) is 6.92 Å². The third-order valence-electron chi connectivity index (χ3n) is 7.37. The molecule has 0 saturated carbocycles. The number of benzene rings is 4. The Labute approximate surface area is 218 Å². The van der Waals surface area contributed by atoms with Gasteiger partial charge >= 0.3 is 0 Å². The van der Waals surface area contributed by atoms with Crippen molar-refractivity contribution in [3.63, 3.8) is 0 Å². The highest BCUT2D eigenvalue weighted by atomic mass is 15.0. The van der Waals surface area contributed by atoms with E-state index in [1.165, 1.54) is 27.8 Å². The third-order valence-corrected chi connectivity index (χ3v) is 7.37. The Balaban J connectivity index is 1.49. The number of hydrogen-bond donors (Lipinski definition) is 0. The molecule has 1 aliphatic rings. The summed E-state index contributed by atoms with van der Waals surface area (Å²) in [6.45, 7) is 4.48. The summed E-state index contributed by atoms with van der Waals surface area (Å²) in [6, 6.07) is 35.6. The molecule has 0 amide bonds. The number of fused-ring (bicyclic) bond motifs is 1. The van der Waals surface area contributed by atoms with Crippen LogP contribution >= 0.6 is 0 Å². The maximum Gasteiger partial charge on any atom is 0.164 e. The first-order valence-electron chi connectivity index (χ1n) is 13.0. The quantitative estimate of drug-likeness (QED) is 0.254. The van der Waals surface area contributed by atoms with E-state index in [-0.39, 0.29) is 0 Å². The van der Waals surface area contributed by atoms with Gasteiger partial charge in [0.1, 0.15) is 0 Å². The summed E-state index contributed by atoms with van der Waals surface area (Å²) < 4.78 is 0. The van der Waals surface area contributed by atoms with Crippen LogP contribution in [0.3, 0.4) is 0 Å². The lowest BCUT2D eigenvalue weighted by Gasteiger charge is -2.28. The third kappa shape index (κ3) is 4.49. The molecule has 1 heterocycles. The molecule has 0 aliphatic heterocycles. The summed E-state index contributed by atoms with van der Waals surface area (Å²) in [5.41, 5.74) is 9.84. The molecule has 0 spiro atoms. The number of aromatic nitrogens is 3. The molecular formula is C34H29N3. The van der Waals surface area contributed by atoms with E-state index in [1.54, 1.807) is 0 Å². The molecule has 3 heteroatoms. The maximum atomic E-state index is 4.98. The van der Waals surface area contributed by atoms with Gasteiger partial charge < -0.3 is 0 Å². The lowest BCUT2D eigenvalue weighted by Crippen LogP contribution is -2.13. The number of rotatable bonds is 5. The molecule has 0 saturated heterocycles. The van der Waals surface area contributed by atoms with E-state index in [9.17, 15) is 0 Å². The van der Waals surface area contributed by atoms with Gasteiger partial charge in [-0.05, 0) is 42.0 Å². The molecule has 3 nitrogen and oxygen atoms in total. The summed E-state index contributed by atoms with van der Waals surface area (Å²) in [5, 5.41) is 0.